The van der Waals surface area contributed by atoms with E-state index in [0.717, 1.165) is 28.5 Å². The van der Waals surface area contributed by atoms with Crippen LogP contribution < -0.4 is 9.62 Å². The fourth-order valence-corrected chi connectivity index (χ4v) is 4.38. The number of nitrogens with zero attached hydrogens (tertiary/aromatic N) is 1. The number of amides is 1. The maximum Gasteiger partial charge on any atom is 0.248 e. The fraction of sp³-hybridized carbons (Fsp3) is 0.381. The van der Waals surface area contributed by atoms with Crippen molar-refractivity contribution in [3.05, 3.63) is 58.7 Å². The number of benzene rings is 2. The largest absolute Gasteiger partial charge is 0.324 e. The van der Waals surface area contributed by atoms with Crippen molar-refractivity contribution in [1.82, 2.24) is 0 Å². The lowest BCUT2D eigenvalue weighted by Crippen LogP contribution is -2.47. The van der Waals surface area contributed by atoms with E-state index in [2.05, 4.69) is 5.32 Å². The Labute approximate surface area is 162 Å². The molecule has 0 saturated heterocycles. The van der Waals surface area contributed by atoms with Gasteiger partial charge in [0.2, 0.25) is 15.9 Å². The van der Waals surface area contributed by atoms with Crippen LogP contribution in [0.1, 0.15) is 35.6 Å². The molecule has 0 aliphatic rings. The third kappa shape index (κ3) is 5.10. The molecule has 0 fully saturated rings. The van der Waals surface area contributed by atoms with E-state index in [4.69, 9.17) is 0 Å². The van der Waals surface area contributed by atoms with Crippen LogP contribution in [0, 0.1) is 27.7 Å². The average Bonchev–Trinajstić information content (AvgIpc) is 2.53. The predicted molar refractivity (Wildman–Crippen MR) is 112 cm³/mol. The number of carbonyl (C=O) groups excluding carboxylic acids is 1. The van der Waals surface area contributed by atoms with E-state index in [9.17, 15) is 13.2 Å². The number of rotatable bonds is 6. The van der Waals surface area contributed by atoms with Gasteiger partial charge in [0.1, 0.15) is 6.04 Å². The molecule has 0 bridgehead atoms. The van der Waals surface area contributed by atoms with Crippen LogP contribution in [0.3, 0.4) is 0 Å². The van der Waals surface area contributed by atoms with E-state index in [0.29, 0.717) is 17.8 Å². The van der Waals surface area contributed by atoms with E-state index in [1.54, 1.807) is 12.1 Å². The molecule has 2 aromatic rings. The molecule has 2 aromatic carbocycles. The second-order valence-corrected chi connectivity index (χ2v) is 8.98. The zero-order valence-corrected chi connectivity index (χ0v) is 17.6. The van der Waals surface area contributed by atoms with Crippen molar-refractivity contribution in [1.29, 1.82) is 0 Å². The van der Waals surface area contributed by atoms with Gasteiger partial charge in [0.15, 0.2) is 0 Å². The first-order chi connectivity index (χ1) is 12.5. The quantitative estimate of drug-likeness (QED) is 0.810. The summed E-state index contributed by atoms with van der Waals surface area (Å²) in [5.41, 5.74) is 5.27. The Morgan fingerprint density at radius 2 is 1.59 bits per heavy atom. The van der Waals surface area contributed by atoms with Gasteiger partial charge in [0.25, 0.3) is 0 Å². The molecule has 27 heavy (non-hydrogen) atoms. The smallest absolute Gasteiger partial charge is 0.248 e. The highest BCUT2D eigenvalue weighted by molar-refractivity contribution is 7.92. The van der Waals surface area contributed by atoms with Gasteiger partial charge >= 0.3 is 0 Å². The molecule has 0 heterocycles. The standard InChI is InChI=1S/C21H28N2O3S/c1-7-20(21(24)22-18-9-8-16(4)17(5)13-18)23(27(6,25)26)19-11-14(2)10-15(3)12-19/h8-13,20H,7H2,1-6H3,(H,22,24)/t20-/m1/s1. The van der Waals surface area contributed by atoms with Crippen LogP contribution in [0.4, 0.5) is 11.4 Å². The fourth-order valence-electron chi connectivity index (χ4n) is 3.18. The van der Waals surface area contributed by atoms with Gasteiger partial charge in [-0.15, -0.1) is 0 Å². The van der Waals surface area contributed by atoms with Crippen LogP contribution in [0.25, 0.3) is 0 Å². The third-order valence-corrected chi connectivity index (χ3v) is 5.74. The monoisotopic (exact) mass is 388 g/mol. The molecule has 0 radical (unpaired) electrons. The minimum absolute atomic E-state index is 0.342. The summed E-state index contributed by atoms with van der Waals surface area (Å²) in [4.78, 5) is 13.0. The van der Waals surface area contributed by atoms with Gasteiger partial charge < -0.3 is 5.32 Å². The molecule has 5 nitrogen and oxygen atoms in total. The second-order valence-electron chi connectivity index (χ2n) is 7.12. The molecular weight excluding hydrogens is 360 g/mol. The highest BCUT2D eigenvalue weighted by Crippen LogP contribution is 2.26. The highest BCUT2D eigenvalue weighted by Gasteiger charge is 2.31. The first-order valence-corrected chi connectivity index (χ1v) is 10.8. The lowest BCUT2D eigenvalue weighted by Gasteiger charge is -2.30. The normalized spacial score (nSPS) is 12.5. The van der Waals surface area contributed by atoms with E-state index in [1.165, 1.54) is 4.31 Å². The molecule has 0 unspecified atom stereocenters. The molecule has 0 spiro atoms. The van der Waals surface area contributed by atoms with E-state index in [1.807, 2.05) is 58.9 Å². The van der Waals surface area contributed by atoms with Crippen LogP contribution in [0.2, 0.25) is 0 Å². The van der Waals surface area contributed by atoms with Crippen molar-refractivity contribution in [3.63, 3.8) is 0 Å². The van der Waals surface area contributed by atoms with Crippen LogP contribution in [-0.4, -0.2) is 26.6 Å². The number of hydrogen-bond acceptors (Lipinski definition) is 3. The summed E-state index contributed by atoms with van der Waals surface area (Å²) in [6.07, 6.45) is 1.49. The first-order valence-electron chi connectivity index (χ1n) is 8.98. The molecule has 0 aliphatic heterocycles. The molecule has 1 amide bonds. The zero-order chi connectivity index (χ0) is 20.4. The molecule has 0 aliphatic carbocycles. The van der Waals surface area contributed by atoms with Crippen LogP contribution in [0.5, 0.6) is 0 Å². The number of sulfonamides is 1. The minimum Gasteiger partial charge on any atom is -0.324 e. The van der Waals surface area contributed by atoms with Gasteiger partial charge in [-0.1, -0.05) is 19.1 Å². The molecule has 1 atom stereocenters. The lowest BCUT2D eigenvalue weighted by molar-refractivity contribution is -0.117. The van der Waals surface area contributed by atoms with Crippen molar-refractivity contribution in [2.75, 3.05) is 15.9 Å². The Morgan fingerprint density at radius 3 is 2.07 bits per heavy atom. The lowest BCUT2D eigenvalue weighted by atomic mass is 10.1. The van der Waals surface area contributed by atoms with Crippen LogP contribution in [-0.2, 0) is 14.8 Å². The van der Waals surface area contributed by atoms with Gasteiger partial charge in [0.05, 0.1) is 11.9 Å². The van der Waals surface area contributed by atoms with E-state index >= 15 is 0 Å². The Bertz CT molecular complexity index is 932. The van der Waals surface area contributed by atoms with Crippen molar-refractivity contribution >= 4 is 27.3 Å². The maximum atomic E-state index is 13.0. The third-order valence-electron chi connectivity index (χ3n) is 4.57. The Kier molecular flexibility index (Phi) is 6.31. The van der Waals surface area contributed by atoms with Gasteiger partial charge in [-0.2, -0.15) is 0 Å². The number of carbonyl (C=O) groups is 1. The van der Waals surface area contributed by atoms with Gasteiger partial charge in [-0.25, -0.2) is 8.42 Å². The zero-order valence-electron chi connectivity index (χ0n) is 16.8. The summed E-state index contributed by atoms with van der Waals surface area (Å²) in [5, 5.41) is 2.87. The van der Waals surface area contributed by atoms with Gasteiger partial charge in [0, 0.05) is 5.69 Å². The summed E-state index contributed by atoms with van der Waals surface area (Å²) in [6.45, 7) is 9.60. The molecule has 6 heteroatoms. The summed E-state index contributed by atoms with van der Waals surface area (Å²) in [5.74, 6) is -0.342. The molecule has 2 rings (SSSR count). The highest BCUT2D eigenvalue weighted by atomic mass is 32.2. The van der Waals surface area contributed by atoms with Crippen LogP contribution in [0.15, 0.2) is 36.4 Å². The van der Waals surface area contributed by atoms with Crippen LogP contribution >= 0.6 is 0 Å². The Hall–Kier alpha value is -2.34. The predicted octanol–water partition coefficient (Wildman–Crippen LogP) is 4.10. The second kappa shape index (κ2) is 8.13. The number of aryl methyl sites for hydroxylation is 4. The van der Waals surface area contributed by atoms with Gasteiger partial charge in [-0.3, -0.25) is 9.10 Å². The maximum absolute atomic E-state index is 13.0. The molecular formula is C21H28N2O3S. The molecule has 0 saturated carbocycles. The first kappa shape index (κ1) is 21.0. The van der Waals surface area contributed by atoms with Crippen molar-refractivity contribution in [2.24, 2.45) is 0 Å². The van der Waals surface area contributed by atoms with E-state index < -0.39 is 16.1 Å². The summed E-state index contributed by atoms with van der Waals surface area (Å²) in [6, 6.07) is 10.4. The van der Waals surface area contributed by atoms with Crippen molar-refractivity contribution in [3.8, 4) is 0 Å². The SMILES string of the molecule is CC[C@H](C(=O)Nc1ccc(C)c(C)c1)N(c1cc(C)cc(C)c1)S(C)(=O)=O. The Morgan fingerprint density at radius 1 is 1.00 bits per heavy atom. The molecule has 0 aromatic heterocycles. The molecule has 1 N–H and O–H groups in total. The Balaban J connectivity index is 2.42. The summed E-state index contributed by atoms with van der Waals surface area (Å²) < 4.78 is 26.3. The summed E-state index contributed by atoms with van der Waals surface area (Å²) >= 11 is 0. The molecule has 146 valence electrons. The number of hydrogen-bond donors (Lipinski definition) is 1. The van der Waals surface area contributed by atoms with Crippen molar-refractivity contribution < 1.29 is 13.2 Å². The van der Waals surface area contributed by atoms with Gasteiger partial charge in [-0.05, 0) is 80.6 Å². The minimum atomic E-state index is -3.64. The number of anilines is 2. The number of nitrogens with one attached hydrogen (secondary N) is 1. The van der Waals surface area contributed by atoms with Crippen molar-refractivity contribution in [2.45, 2.75) is 47.1 Å². The average molecular weight is 389 g/mol. The summed E-state index contributed by atoms with van der Waals surface area (Å²) in [7, 11) is -3.64. The topological polar surface area (TPSA) is 66.5 Å². The van der Waals surface area contributed by atoms with E-state index in [-0.39, 0.29) is 5.91 Å².